The first-order valence-electron chi connectivity index (χ1n) is 9.77. The number of aromatic nitrogens is 3. The van der Waals surface area contributed by atoms with Gasteiger partial charge in [0.05, 0.1) is 12.7 Å². The quantitative estimate of drug-likeness (QED) is 0.384. The predicted octanol–water partition coefficient (Wildman–Crippen LogP) is 5.20. The second-order valence-corrected chi connectivity index (χ2v) is 8.40. The van der Waals surface area contributed by atoms with Crippen molar-refractivity contribution in [3.8, 4) is 11.8 Å². The molecule has 0 spiro atoms. The van der Waals surface area contributed by atoms with E-state index in [0.717, 1.165) is 6.07 Å². The molecule has 0 fully saturated rings. The second-order valence-electron chi connectivity index (χ2n) is 7.60. The Bertz CT molecular complexity index is 1120. The maximum Gasteiger partial charge on any atom is 0.417 e. The molecule has 1 aliphatic heterocycles. The maximum absolute atomic E-state index is 12.8. The molecule has 1 aliphatic rings. The molecule has 3 rings (SSSR count). The van der Waals surface area contributed by atoms with Crippen LogP contribution in [0.1, 0.15) is 31.0 Å². The fourth-order valence-corrected chi connectivity index (χ4v) is 3.96. The third-order valence-electron chi connectivity index (χ3n) is 4.93. The summed E-state index contributed by atoms with van der Waals surface area (Å²) in [5.41, 5.74) is -1.29. The summed E-state index contributed by atoms with van der Waals surface area (Å²) in [6.07, 6.45) is 1.92. The number of thiocarbonyl (C=S) groups is 1. The van der Waals surface area contributed by atoms with Crippen LogP contribution in [0.3, 0.4) is 0 Å². The Balaban J connectivity index is 1.83. The molecule has 12 heteroatoms. The minimum Gasteiger partial charge on any atom is -0.469 e. The lowest BCUT2D eigenvalue weighted by Crippen LogP contribution is -2.39. The summed E-state index contributed by atoms with van der Waals surface area (Å²) in [6.45, 7) is 3.63. The number of allylic oxidation sites excluding steroid dienone is 1. The lowest BCUT2D eigenvalue weighted by molar-refractivity contribution is -0.141. The standard InChI is InChI=1S/C21H20ClF3N4O3S/c1-12(7-17(30)31-3)10-20(5-4-6-27-20)19(33)29-13(2)8-16(28-29)32-18-15(22)9-14(11-26-18)21(23,24)25/h4-6,8-9,11-12H,7,10H2,1-3H3. The molecule has 7 nitrogen and oxygen atoms in total. The smallest absolute Gasteiger partial charge is 0.417 e. The van der Waals surface area contributed by atoms with E-state index in [1.807, 2.05) is 13.0 Å². The number of hydrogen-bond acceptors (Lipinski definition) is 7. The van der Waals surface area contributed by atoms with Crippen LogP contribution in [0.25, 0.3) is 0 Å². The largest absolute Gasteiger partial charge is 0.469 e. The number of aliphatic imine (C=N–C) groups is 1. The summed E-state index contributed by atoms with van der Waals surface area (Å²) >= 11 is 11.6. The van der Waals surface area contributed by atoms with Crippen molar-refractivity contribution in [1.29, 1.82) is 0 Å². The molecular formula is C21H20ClF3N4O3S. The molecule has 3 heterocycles. The number of esters is 1. The van der Waals surface area contributed by atoms with Gasteiger partial charge in [0.25, 0.3) is 0 Å². The molecule has 0 amide bonds. The van der Waals surface area contributed by atoms with E-state index < -0.39 is 17.3 Å². The van der Waals surface area contributed by atoms with E-state index in [-0.39, 0.29) is 35.1 Å². The molecular weight excluding hydrogens is 481 g/mol. The second kappa shape index (κ2) is 9.60. The van der Waals surface area contributed by atoms with Crippen LogP contribution >= 0.6 is 23.8 Å². The molecule has 2 unspecified atom stereocenters. The normalized spacial score (nSPS) is 18.4. The third-order valence-corrected chi connectivity index (χ3v) is 5.73. The van der Waals surface area contributed by atoms with E-state index in [9.17, 15) is 18.0 Å². The first-order valence-corrected chi connectivity index (χ1v) is 10.6. The summed E-state index contributed by atoms with van der Waals surface area (Å²) in [5, 5.41) is 4.02. The van der Waals surface area contributed by atoms with Gasteiger partial charge in [-0.2, -0.15) is 13.2 Å². The van der Waals surface area contributed by atoms with Crippen molar-refractivity contribution in [3.05, 3.63) is 46.8 Å². The van der Waals surface area contributed by atoms with Crippen molar-refractivity contribution in [1.82, 2.24) is 14.8 Å². The topological polar surface area (TPSA) is 78.6 Å². The Morgan fingerprint density at radius 3 is 2.67 bits per heavy atom. The van der Waals surface area contributed by atoms with E-state index in [4.69, 9.17) is 33.3 Å². The molecule has 176 valence electrons. The Morgan fingerprint density at radius 2 is 2.09 bits per heavy atom. The van der Waals surface area contributed by atoms with Gasteiger partial charge in [-0.15, -0.1) is 5.10 Å². The highest BCUT2D eigenvalue weighted by molar-refractivity contribution is 7.80. The van der Waals surface area contributed by atoms with E-state index in [1.54, 1.807) is 25.3 Å². The van der Waals surface area contributed by atoms with Gasteiger partial charge in [0.2, 0.25) is 11.8 Å². The zero-order valence-electron chi connectivity index (χ0n) is 17.9. The van der Waals surface area contributed by atoms with Crippen LogP contribution < -0.4 is 4.74 Å². The number of carbonyl (C=O) groups is 1. The molecule has 0 aromatic carbocycles. The van der Waals surface area contributed by atoms with Gasteiger partial charge in [-0.25, -0.2) is 9.67 Å². The molecule has 0 aliphatic carbocycles. The Morgan fingerprint density at radius 1 is 1.36 bits per heavy atom. The monoisotopic (exact) mass is 500 g/mol. The van der Waals surface area contributed by atoms with E-state index in [0.29, 0.717) is 23.3 Å². The lowest BCUT2D eigenvalue weighted by atomic mass is 9.87. The van der Waals surface area contributed by atoms with Crippen molar-refractivity contribution in [2.24, 2.45) is 10.9 Å². The summed E-state index contributed by atoms with van der Waals surface area (Å²) < 4.78 is 50.2. The third kappa shape index (κ3) is 5.59. The van der Waals surface area contributed by atoms with Crippen LogP contribution in [0.15, 0.2) is 35.5 Å². The number of nitrogens with zero attached hydrogens (tertiary/aromatic N) is 4. The van der Waals surface area contributed by atoms with E-state index in [2.05, 4.69) is 15.1 Å². The van der Waals surface area contributed by atoms with Gasteiger partial charge in [-0.05, 0) is 37.5 Å². The summed E-state index contributed by atoms with van der Waals surface area (Å²) in [5.74, 6) is -0.591. The number of alkyl halides is 3. The summed E-state index contributed by atoms with van der Waals surface area (Å²) in [7, 11) is 1.33. The zero-order valence-corrected chi connectivity index (χ0v) is 19.5. The summed E-state index contributed by atoms with van der Waals surface area (Å²) in [4.78, 5) is 20.2. The molecule has 0 radical (unpaired) electrons. The number of ether oxygens (including phenoxy) is 2. The number of carbonyl (C=O) groups excluding carboxylic acids is 1. The molecule has 2 aromatic heterocycles. The molecule has 2 aromatic rings. The number of aryl methyl sites for hydroxylation is 1. The first-order chi connectivity index (χ1) is 15.4. The van der Waals surface area contributed by atoms with Crippen molar-refractivity contribution < 1.29 is 27.4 Å². The van der Waals surface area contributed by atoms with Crippen LogP contribution in [0.5, 0.6) is 11.8 Å². The molecule has 0 bridgehead atoms. The van der Waals surface area contributed by atoms with Gasteiger partial charge in [0, 0.05) is 30.6 Å². The molecule has 2 atom stereocenters. The van der Waals surface area contributed by atoms with Gasteiger partial charge in [0.1, 0.15) is 15.6 Å². The zero-order chi connectivity index (χ0) is 24.4. The van der Waals surface area contributed by atoms with Crippen molar-refractivity contribution in [3.63, 3.8) is 0 Å². The van der Waals surface area contributed by atoms with Crippen LogP contribution in [0, 0.1) is 12.8 Å². The van der Waals surface area contributed by atoms with E-state index >= 15 is 0 Å². The minimum atomic E-state index is -4.58. The molecule has 0 saturated heterocycles. The lowest BCUT2D eigenvalue weighted by Gasteiger charge is -2.28. The van der Waals surface area contributed by atoms with Crippen molar-refractivity contribution in [2.75, 3.05) is 7.11 Å². The molecule has 0 saturated carbocycles. The van der Waals surface area contributed by atoms with Gasteiger partial charge in [-0.1, -0.05) is 30.7 Å². The average molecular weight is 501 g/mol. The molecule has 33 heavy (non-hydrogen) atoms. The Labute approximate surface area is 198 Å². The average Bonchev–Trinajstić information content (AvgIpc) is 3.35. The fourth-order valence-electron chi connectivity index (χ4n) is 3.37. The number of halogens is 4. The van der Waals surface area contributed by atoms with Crippen LogP contribution in [-0.2, 0) is 15.7 Å². The van der Waals surface area contributed by atoms with Gasteiger partial charge in [-0.3, -0.25) is 9.79 Å². The van der Waals surface area contributed by atoms with Crippen molar-refractivity contribution in [2.45, 2.75) is 38.4 Å². The number of pyridine rings is 1. The van der Waals surface area contributed by atoms with Crippen LogP contribution in [0.2, 0.25) is 5.02 Å². The van der Waals surface area contributed by atoms with Crippen LogP contribution in [-0.4, -0.2) is 44.6 Å². The SMILES string of the molecule is COC(=O)CC(C)CC1(C(=S)n2nc(Oc3ncc(C(F)(F)F)cc3Cl)cc2C)C=CC=N1. The highest BCUT2D eigenvalue weighted by Gasteiger charge is 2.38. The van der Waals surface area contributed by atoms with Gasteiger partial charge in [0.15, 0.2) is 0 Å². The summed E-state index contributed by atoms with van der Waals surface area (Å²) in [6, 6.07) is 2.28. The van der Waals surface area contributed by atoms with Crippen molar-refractivity contribution >= 4 is 41.0 Å². The Kier molecular flexibility index (Phi) is 7.23. The number of rotatable bonds is 7. The maximum atomic E-state index is 12.8. The number of hydrogen-bond donors (Lipinski definition) is 0. The first kappa shape index (κ1) is 24.8. The highest BCUT2D eigenvalue weighted by Crippen LogP contribution is 2.35. The van der Waals surface area contributed by atoms with Crippen LogP contribution in [0.4, 0.5) is 13.2 Å². The number of methoxy groups -OCH3 is 1. The Hall–Kier alpha value is -2.79. The van der Waals surface area contributed by atoms with Gasteiger partial charge < -0.3 is 9.47 Å². The predicted molar refractivity (Wildman–Crippen MR) is 120 cm³/mol. The minimum absolute atomic E-state index is 0.0488. The fraction of sp³-hybridized carbons (Fsp3) is 0.381. The van der Waals surface area contributed by atoms with Gasteiger partial charge >= 0.3 is 12.1 Å². The highest BCUT2D eigenvalue weighted by atomic mass is 35.5. The van der Waals surface area contributed by atoms with E-state index in [1.165, 1.54) is 11.8 Å². The molecule has 0 N–H and O–H groups in total.